The summed E-state index contributed by atoms with van der Waals surface area (Å²) in [6, 6.07) is 11.8. The standard InChI is InChI=1S/C17H28N2/c1-13(2)17(19(3)15-11-7-8-12-15)16(18)14-9-5-4-6-10-14/h4-6,9-10,13,15-17H,7-8,11-12,18H2,1-3H3. The zero-order chi connectivity index (χ0) is 13.8. The first-order chi connectivity index (χ1) is 9.11. The van der Waals surface area contributed by atoms with Crippen LogP contribution in [-0.2, 0) is 0 Å². The van der Waals surface area contributed by atoms with Crippen molar-refractivity contribution in [2.24, 2.45) is 11.7 Å². The van der Waals surface area contributed by atoms with Gasteiger partial charge in [-0.1, -0.05) is 57.0 Å². The average molecular weight is 260 g/mol. The minimum absolute atomic E-state index is 0.104. The summed E-state index contributed by atoms with van der Waals surface area (Å²) in [4.78, 5) is 2.55. The Hall–Kier alpha value is -0.860. The lowest BCUT2D eigenvalue weighted by molar-refractivity contribution is 0.115. The van der Waals surface area contributed by atoms with Gasteiger partial charge in [0.15, 0.2) is 0 Å². The maximum atomic E-state index is 6.57. The van der Waals surface area contributed by atoms with Crippen molar-refractivity contribution >= 4 is 0 Å². The van der Waals surface area contributed by atoms with Gasteiger partial charge in [-0.15, -0.1) is 0 Å². The molecule has 0 saturated heterocycles. The van der Waals surface area contributed by atoms with E-state index in [0.29, 0.717) is 12.0 Å². The highest BCUT2D eigenvalue weighted by molar-refractivity contribution is 5.20. The van der Waals surface area contributed by atoms with E-state index in [9.17, 15) is 0 Å². The number of nitrogens with zero attached hydrogens (tertiary/aromatic N) is 1. The van der Waals surface area contributed by atoms with Crippen molar-refractivity contribution in [1.82, 2.24) is 4.90 Å². The maximum Gasteiger partial charge on any atom is 0.0455 e. The second-order valence-corrected chi connectivity index (χ2v) is 6.27. The minimum atomic E-state index is 0.104. The number of hydrogen-bond acceptors (Lipinski definition) is 2. The van der Waals surface area contributed by atoms with Gasteiger partial charge in [0.05, 0.1) is 0 Å². The van der Waals surface area contributed by atoms with Crippen LogP contribution in [0.1, 0.15) is 51.1 Å². The summed E-state index contributed by atoms with van der Waals surface area (Å²) in [5.74, 6) is 0.570. The molecule has 1 fully saturated rings. The lowest BCUT2D eigenvalue weighted by atomic mass is 9.89. The van der Waals surface area contributed by atoms with Gasteiger partial charge in [0.25, 0.3) is 0 Å². The van der Waals surface area contributed by atoms with Crippen molar-refractivity contribution in [3.63, 3.8) is 0 Å². The van der Waals surface area contributed by atoms with Crippen LogP contribution in [-0.4, -0.2) is 24.0 Å². The van der Waals surface area contributed by atoms with Crippen LogP contribution in [0.2, 0.25) is 0 Å². The molecule has 0 heterocycles. The largest absolute Gasteiger partial charge is 0.323 e. The first-order valence-electron chi connectivity index (χ1n) is 7.63. The molecule has 2 rings (SSSR count). The topological polar surface area (TPSA) is 29.3 Å². The molecule has 0 aliphatic heterocycles. The molecule has 19 heavy (non-hydrogen) atoms. The molecule has 0 amide bonds. The third-order valence-electron chi connectivity index (χ3n) is 4.61. The quantitative estimate of drug-likeness (QED) is 0.876. The highest BCUT2D eigenvalue weighted by Crippen LogP contribution is 2.30. The van der Waals surface area contributed by atoms with Crippen LogP contribution in [0, 0.1) is 5.92 Å². The maximum absolute atomic E-state index is 6.57. The smallest absolute Gasteiger partial charge is 0.0455 e. The molecule has 1 aromatic carbocycles. The van der Waals surface area contributed by atoms with Crippen LogP contribution in [0.5, 0.6) is 0 Å². The molecule has 106 valence electrons. The molecule has 2 heteroatoms. The van der Waals surface area contributed by atoms with Crippen LogP contribution in [0.15, 0.2) is 30.3 Å². The van der Waals surface area contributed by atoms with E-state index in [1.54, 1.807) is 0 Å². The number of likely N-dealkylation sites (N-methyl/N-ethyl adjacent to an activating group) is 1. The summed E-state index contributed by atoms with van der Waals surface area (Å²) in [5, 5.41) is 0. The van der Waals surface area contributed by atoms with Gasteiger partial charge in [0.2, 0.25) is 0 Å². The van der Waals surface area contributed by atoms with E-state index < -0.39 is 0 Å². The fraction of sp³-hybridized carbons (Fsp3) is 0.647. The van der Waals surface area contributed by atoms with E-state index in [0.717, 1.165) is 6.04 Å². The van der Waals surface area contributed by atoms with Crippen molar-refractivity contribution in [2.75, 3.05) is 7.05 Å². The number of benzene rings is 1. The third kappa shape index (κ3) is 3.37. The van der Waals surface area contributed by atoms with Crippen LogP contribution in [0.4, 0.5) is 0 Å². The van der Waals surface area contributed by atoms with E-state index in [-0.39, 0.29) is 6.04 Å². The van der Waals surface area contributed by atoms with E-state index in [1.165, 1.54) is 31.2 Å². The molecule has 0 bridgehead atoms. The fourth-order valence-electron chi connectivity index (χ4n) is 3.57. The lowest BCUT2D eigenvalue weighted by Gasteiger charge is -2.39. The molecule has 2 N–H and O–H groups in total. The summed E-state index contributed by atoms with van der Waals surface area (Å²) < 4.78 is 0. The van der Waals surface area contributed by atoms with Gasteiger partial charge in [0.1, 0.15) is 0 Å². The molecule has 0 radical (unpaired) electrons. The van der Waals surface area contributed by atoms with E-state index in [4.69, 9.17) is 5.73 Å². The van der Waals surface area contributed by atoms with Gasteiger partial charge in [-0.2, -0.15) is 0 Å². The summed E-state index contributed by atoms with van der Waals surface area (Å²) >= 11 is 0. The van der Waals surface area contributed by atoms with Crippen molar-refractivity contribution in [3.05, 3.63) is 35.9 Å². The summed E-state index contributed by atoms with van der Waals surface area (Å²) in [7, 11) is 2.27. The molecule has 2 atom stereocenters. The van der Waals surface area contributed by atoms with E-state index in [2.05, 4.69) is 56.1 Å². The van der Waals surface area contributed by atoms with Crippen molar-refractivity contribution < 1.29 is 0 Å². The van der Waals surface area contributed by atoms with Crippen LogP contribution in [0.3, 0.4) is 0 Å². The SMILES string of the molecule is CC(C)C(C(N)c1ccccc1)N(C)C1CCCC1. The summed E-state index contributed by atoms with van der Waals surface area (Å²) in [6.07, 6.45) is 5.42. The zero-order valence-corrected chi connectivity index (χ0v) is 12.5. The van der Waals surface area contributed by atoms with Crippen molar-refractivity contribution in [1.29, 1.82) is 0 Å². The first-order valence-corrected chi connectivity index (χ1v) is 7.63. The summed E-state index contributed by atoms with van der Waals surface area (Å²) in [5.41, 5.74) is 7.82. The molecule has 1 saturated carbocycles. The molecule has 1 aliphatic carbocycles. The molecular weight excluding hydrogens is 232 g/mol. The normalized spacial score (nSPS) is 20.1. The highest BCUT2D eigenvalue weighted by Gasteiger charge is 2.32. The zero-order valence-electron chi connectivity index (χ0n) is 12.5. The fourth-order valence-corrected chi connectivity index (χ4v) is 3.57. The van der Waals surface area contributed by atoms with E-state index >= 15 is 0 Å². The Morgan fingerprint density at radius 2 is 1.68 bits per heavy atom. The highest BCUT2D eigenvalue weighted by atomic mass is 15.2. The van der Waals surface area contributed by atoms with Crippen LogP contribution < -0.4 is 5.73 Å². The number of rotatable bonds is 5. The predicted octanol–water partition coefficient (Wildman–Crippen LogP) is 3.59. The van der Waals surface area contributed by atoms with Crippen LogP contribution >= 0.6 is 0 Å². The second-order valence-electron chi connectivity index (χ2n) is 6.27. The Morgan fingerprint density at radius 1 is 1.11 bits per heavy atom. The van der Waals surface area contributed by atoms with Gasteiger partial charge in [-0.05, 0) is 31.4 Å². The molecular formula is C17H28N2. The molecule has 1 aromatic rings. The van der Waals surface area contributed by atoms with Crippen molar-refractivity contribution in [3.8, 4) is 0 Å². The Morgan fingerprint density at radius 3 is 2.21 bits per heavy atom. The molecule has 0 aromatic heterocycles. The van der Waals surface area contributed by atoms with Gasteiger partial charge < -0.3 is 5.73 Å². The Balaban J connectivity index is 2.15. The molecule has 2 unspecified atom stereocenters. The predicted molar refractivity (Wildman–Crippen MR) is 82.0 cm³/mol. The first kappa shape index (κ1) is 14.5. The number of nitrogens with two attached hydrogens (primary N) is 1. The van der Waals surface area contributed by atoms with Gasteiger partial charge in [0, 0.05) is 18.1 Å². The Kier molecular flexibility index (Phi) is 5.00. The molecule has 0 spiro atoms. The second kappa shape index (κ2) is 6.53. The van der Waals surface area contributed by atoms with Crippen molar-refractivity contribution in [2.45, 2.75) is 57.7 Å². The van der Waals surface area contributed by atoms with Crippen LogP contribution in [0.25, 0.3) is 0 Å². The third-order valence-corrected chi connectivity index (χ3v) is 4.61. The van der Waals surface area contributed by atoms with Gasteiger partial charge in [-0.3, -0.25) is 4.90 Å². The lowest BCUT2D eigenvalue weighted by Crippen LogP contribution is -2.48. The van der Waals surface area contributed by atoms with Gasteiger partial charge in [-0.25, -0.2) is 0 Å². The van der Waals surface area contributed by atoms with E-state index in [1.807, 2.05) is 0 Å². The number of hydrogen-bond donors (Lipinski definition) is 1. The average Bonchev–Trinajstić information content (AvgIpc) is 2.93. The minimum Gasteiger partial charge on any atom is -0.323 e. The van der Waals surface area contributed by atoms with Gasteiger partial charge >= 0.3 is 0 Å². The Bertz CT molecular complexity index is 368. The monoisotopic (exact) mass is 260 g/mol. The molecule has 1 aliphatic rings. The summed E-state index contributed by atoms with van der Waals surface area (Å²) in [6.45, 7) is 4.58. The molecule has 2 nitrogen and oxygen atoms in total. The Labute approximate surface area is 118 Å².